The SMILES string of the molecule is Cl.Nc1n[nH]c(=O)c2c1c(-c1ccc(Oc3ccccc3)cc1)nn2C1CCCC(N)C1. The van der Waals surface area contributed by atoms with Crippen LogP contribution in [-0.2, 0) is 0 Å². The van der Waals surface area contributed by atoms with Crippen LogP contribution in [0.4, 0.5) is 5.82 Å². The summed E-state index contributed by atoms with van der Waals surface area (Å²) in [5, 5.41) is 11.9. The predicted molar refractivity (Wildman–Crippen MR) is 127 cm³/mol. The number of halogens is 1. The van der Waals surface area contributed by atoms with E-state index < -0.39 is 0 Å². The molecule has 2 aromatic heterocycles. The number of hydrogen-bond acceptors (Lipinski definition) is 6. The van der Waals surface area contributed by atoms with Gasteiger partial charge in [0.1, 0.15) is 22.7 Å². The Kier molecular flexibility index (Phi) is 6.16. The summed E-state index contributed by atoms with van der Waals surface area (Å²) < 4.78 is 7.68. The van der Waals surface area contributed by atoms with Gasteiger partial charge in [0.25, 0.3) is 5.56 Å². The zero-order valence-corrected chi connectivity index (χ0v) is 18.2. The van der Waals surface area contributed by atoms with E-state index in [0.717, 1.165) is 37.0 Å². The largest absolute Gasteiger partial charge is 0.457 e. The van der Waals surface area contributed by atoms with Crippen LogP contribution in [0, 0.1) is 0 Å². The standard InChI is InChI=1S/C23H24N6O2.ClH/c24-15-5-4-6-16(13-15)29-21-19(22(25)26-27-23(21)30)20(28-29)14-9-11-18(12-10-14)31-17-7-2-1-3-8-17;/h1-3,7-12,15-16H,4-6,13,24H2,(H2,25,26)(H,27,30);1H. The summed E-state index contributed by atoms with van der Waals surface area (Å²) in [4.78, 5) is 12.7. The zero-order valence-electron chi connectivity index (χ0n) is 17.4. The number of fused-ring (bicyclic) bond motifs is 1. The van der Waals surface area contributed by atoms with E-state index in [9.17, 15) is 4.79 Å². The van der Waals surface area contributed by atoms with Crippen molar-refractivity contribution in [3.05, 3.63) is 65.0 Å². The topological polar surface area (TPSA) is 125 Å². The van der Waals surface area contributed by atoms with E-state index in [1.54, 1.807) is 4.68 Å². The number of hydrogen-bond donors (Lipinski definition) is 3. The molecule has 0 saturated heterocycles. The molecule has 4 aromatic rings. The van der Waals surface area contributed by atoms with Gasteiger partial charge in [-0.15, -0.1) is 12.4 Å². The minimum atomic E-state index is -0.300. The van der Waals surface area contributed by atoms with Crippen LogP contribution in [0.5, 0.6) is 11.5 Å². The second kappa shape index (κ2) is 9.02. The van der Waals surface area contributed by atoms with Gasteiger partial charge in [-0.3, -0.25) is 9.48 Å². The van der Waals surface area contributed by atoms with Crippen molar-refractivity contribution in [2.24, 2.45) is 5.73 Å². The van der Waals surface area contributed by atoms with E-state index in [-0.39, 0.29) is 35.9 Å². The summed E-state index contributed by atoms with van der Waals surface area (Å²) in [6.45, 7) is 0. The third-order valence-electron chi connectivity index (χ3n) is 5.80. The number of nitrogens with zero attached hydrogens (tertiary/aromatic N) is 3. The molecule has 2 atom stereocenters. The lowest BCUT2D eigenvalue weighted by Gasteiger charge is -2.27. The normalized spacial score (nSPS) is 18.3. The van der Waals surface area contributed by atoms with Crippen molar-refractivity contribution >= 4 is 29.1 Å². The van der Waals surface area contributed by atoms with Crippen LogP contribution in [0.25, 0.3) is 22.2 Å². The molecule has 0 spiro atoms. The molecule has 0 bridgehead atoms. The molecule has 9 heteroatoms. The molecule has 5 rings (SSSR count). The Morgan fingerprint density at radius 1 is 1.03 bits per heavy atom. The fourth-order valence-electron chi connectivity index (χ4n) is 4.31. The van der Waals surface area contributed by atoms with Gasteiger partial charge in [-0.1, -0.05) is 18.2 Å². The van der Waals surface area contributed by atoms with Crippen LogP contribution < -0.4 is 21.8 Å². The number of para-hydroxylation sites is 1. The number of nitrogen functional groups attached to an aromatic ring is 1. The molecular weight excluding hydrogens is 428 g/mol. The first-order valence-corrected chi connectivity index (χ1v) is 10.5. The van der Waals surface area contributed by atoms with Crippen LogP contribution in [0.1, 0.15) is 31.7 Å². The summed E-state index contributed by atoms with van der Waals surface area (Å²) in [5.74, 6) is 1.72. The number of nitrogens with two attached hydrogens (primary N) is 2. The maximum Gasteiger partial charge on any atom is 0.290 e. The number of benzene rings is 2. The number of aromatic amines is 1. The van der Waals surface area contributed by atoms with E-state index in [2.05, 4.69) is 10.2 Å². The third-order valence-corrected chi connectivity index (χ3v) is 5.80. The van der Waals surface area contributed by atoms with Gasteiger partial charge in [0.2, 0.25) is 0 Å². The first-order chi connectivity index (χ1) is 15.1. The van der Waals surface area contributed by atoms with Crippen molar-refractivity contribution in [1.82, 2.24) is 20.0 Å². The maximum absolute atomic E-state index is 12.7. The van der Waals surface area contributed by atoms with Crippen molar-refractivity contribution in [3.8, 4) is 22.8 Å². The van der Waals surface area contributed by atoms with Crippen LogP contribution in [0.15, 0.2) is 59.4 Å². The highest BCUT2D eigenvalue weighted by Crippen LogP contribution is 2.35. The molecule has 1 aliphatic carbocycles. The average Bonchev–Trinajstić information content (AvgIpc) is 3.20. The van der Waals surface area contributed by atoms with E-state index in [4.69, 9.17) is 21.3 Å². The predicted octanol–water partition coefficient (Wildman–Crippen LogP) is 4.03. The molecule has 2 unspecified atom stereocenters. The Balaban J connectivity index is 0.00000245. The van der Waals surface area contributed by atoms with E-state index in [0.29, 0.717) is 22.3 Å². The second-order valence-corrected chi connectivity index (χ2v) is 7.97. The number of rotatable bonds is 4. The van der Waals surface area contributed by atoms with Gasteiger partial charge >= 0.3 is 0 Å². The van der Waals surface area contributed by atoms with Crippen molar-refractivity contribution in [1.29, 1.82) is 0 Å². The smallest absolute Gasteiger partial charge is 0.290 e. The molecule has 2 heterocycles. The lowest BCUT2D eigenvalue weighted by molar-refractivity contribution is 0.307. The number of anilines is 1. The van der Waals surface area contributed by atoms with Gasteiger partial charge in [-0.25, -0.2) is 5.10 Å². The molecule has 1 saturated carbocycles. The van der Waals surface area contributed by atoms with Gasteiger partial charge < -0.3 is 16.2 Å². The number of ether oxygens (including phenoxy) is 1. The maximum atomic E-state index is 12.7. The van der Waals surface area contributed by atoms with Crippen molar-refractivity contribution in [3.63, 3.8) is 0 Å². The minimum Gasteiger partial charge on any atom is -0.457 e. The second-order valence-electron chi connectivity index (χ2n) is 7.97. The highest BCUT2D eigenvalue weighted by atomic mass is 35.5. The Morgan fingerprint density at radius 3 is 2.47 bits per heavy atom. The Hall–Kier alpha value is -3.36. The summed E-state index contributed by atoms with van der Waals surface area (Å²) >= 11 is 0. The molecule has 1 fully saturated rings. The van der Waals surface area contributed by atoms with Crippen LogP contribution in [0.3, 0.4) is 0 Å². The quantitative estimate of drug-likeness (QED) is 0.429. The molecule has 8 nitrogen and oxygen atoms in total. The number of nitrogens with one attached hydrogen (secondary N) is 1. The molecule has 0 radical (unpaired) electrons. The minimum absolute atomic E-state index is 0. The van der Waals surface area contributed by atoms with Crippen molar-refractivity contribution in [2.75, 3.05) is 5.73 Å². The van der Waals surface area contributed by atoms with E-state index >= 15 is 0 Å². The van der Waals surface area contributed by atoms with Gasteiger partial charge in [0, 0.05) is 11.6 Å². The summed E-state index contributed by atoms with van der Waals surface area (Å²) in [5.41, 5.74) is 14.0. The van der Waals surface area contributed by atoms with Crippen molar-refractivity contribution in [2.45, 2.75) is 37.8 Å². The highest BCUT2D eigenvalue weighted by molar-refractivity contribution is 5.99. The van der Waals surface area contributed by atoms with E-state index in [1.165, 1.54) is 0 Å². The first kappa shape index (κ1) is 21.9. The molecule has 0 amide bonds. The molecule has 0 aliphatic heterocycles. The Labute approximate surface area is 191 Å². The highest BCUT2D eigenvalue weighted by Gasteiger charge is 2.27. The van der Waals surface area contributed by atoms with Crippen LogP contribution >= 0.6 is 12.4 Å². The summed E-state index contributed by atoms with van der Waals surface area (Å²) in [6, 6.07) is 17.3. The lowest BCUT2D eigenvalue weighted by Crippen LogP contribution is -2.30. The summed E-state index contributed by atoms with van der Waals surface area (Å²) in [6.07, 6.45) is 3.70. The number of aromatic nitrogens is 4. The Bertz CT molecular complexity index is 1270. The molecule has 1 aliphatic rings. The van der Waals surface area contributed by atoms with Gasteiger partial charge in [0.05, 0.1) is 11.4 Å². The molecular formula is C23H25ClN6O2. The van der Waals surface area contributed by atoms with Crippen LogP contribution in [-0.4, -0.2) is 26.0 Å². The van der Waals surface area contributed by atoms with Gasteiger partial charge in [-0.05, 0) is 62.1 Å². The average molecular weight is 453 g/mol. The molecule has 5 N–H and O–H groups in total. The summed E-state index contributed by atoms with van der Waals surface area (Å²) in [7, 11) is 0. The van der Waals surface area contributed by atoms with E-state index in [1.807, 2.05) is 54.6 Å². The molecule has 166 valence electrons. The fraction of sp³-hybridized carbons (Fsp3) is 0.261. The molecule has 32 heavy (non-hydrogen) atoms. The first-order valence-electron chi connectivity index (χ1n) is 10.5. The zero-order chi connectivity index (χ0) is 21.4. The van der Waals surface area contributed by atoms with Crippen molar-refractivity contribution < 1.29 is 4.74 Å². The van der Waals surface area contributed by atoms with Crippen LogP contribution in [0.2, 0.25) is 0 Å². The molecule has 2 aromatic carbocycles. The Morgan fingerprint density at radius 2 is 1.75 bits per heavy atom. The number of H-pyrrole nitrogens is 1. The lowest BCUT2D eigenvalue weighted by atomic mass is 9.92. The van der Waals surface area contributed by atoms with Gasteiger partial charge in [0.15, 0.2) is 5.82 Å². The monoisotopic (exact) mass is 452 g/mol. The van der Waals surface area contributed by atoms with Gasteiger partial charge in [-0.2, -0.15) is 10.2 Å². The third kappa shape index (κ3) is 4.06. The fourth-order valence-corrected chi connectivity index (χ4v) is 4.31.